The monoisotopic (exact) mass is 279 g/mol. The summed E-state index contributed by atoms with van der Waals surface area (Å²) in [7, 11) is 0. The maximum atomic E-state index is 11.9. The lowest BCUT2D eigenvalue weighted by atomic mass is 10.1. The number of benzene rings is 2. The van der Waals surface area contributed by atoms with Gasteiger partial charge in [-0.2, -0.15) is 0 Å². The molecule has 2 rings (SSSR count). The Morgan fingerprint density at radius 3 is 1.76 bits per heavy atom. The summed E-state index contributed by atoms with van der Waals surface area (Å²) >= 11 is 0. The number of nitrogens with zero attached hydrogens (tertiary/aromatic N) is 1. The van der Waals surface area contributed by atoms with Crippen LogP contribution < -0.4 is 0 Å². The van der Waals surface area contributed by atoms with Gasteiger partial charge in [-0.1, -0.05) is 60.7 Å². The van der Waals surface area contributed by atoms with Crippen molar-refractivity contribution < 1.29 is 9.59 Å². The molecule has 106 valence electrons. The van der Waals surface area contributed by atoms with Gasteiger partial charge in [0.2, 0.25) is 11.8 Å². The maximum Gasteiger partial charge on any atom is 0.230 e. The summed E-state index contributed by atoms with van der Waals surface area (Å²) in [6, 6.07) is 19.0. The average molecular weight is 279 g/mol. The van der Waals surface area contributed by atoms with Crippen LogP contribution in [0.15, 0.2) is 60.7 Å². The Labute approximate surface area is 124 Å². The van der Waals surface area contributed by atoms with Gasteiger partial charge in [-0.25, -0.2) is 0 Å². The highest BCUT2D eigenvalue weighted by Gasteiger charge is 2.20. The molecular formula is C18H17NO2. The van der Waals surface area contributed by atoms with E-state index in [0.29, 0.717) is 5.70 Å². The summed E-state index contributed by atoms with van der Waals surface area (Å²) in [5.41, 5.74) is 2.34. The van der Waals surface area contributed by atoms with Crippen LogP contribution in [-0.4, -0.2) is 16.7 Å². The molecule has 0 fully saturated rings. The summed E-state index contributed by atoms with van der Waals surface area (Å²) < 4.78 is 0. The van der Waals surface area contributed by atoms with Gasteiger partial charge in [-0.05, 0) is 17.2 Å². The number of imide groups is 1. The molecule has 0 heterocycles. The molecular weight excluding hydrogens is 262 g/mol. The molecule has 0 aliphatic heterocycles. The van der Waals surface area contributed by atoms with E-state index in [4.69, 9.17) is 0 Å². The summed E-state index contributed by atoms with van der Waals surface area (Å²) in [4.78, 5) is 24.9. The van der Waals surface area contributed by atoms with Crippen molar-refractivity contribution in [3.63, 3.8) is 0 Å². The molecule has 0 saturated carbocycles. The van der Waals surface area contributed by atoms with Gasteiger partial charge in [0.05, 0.1) is 5.70 Å². The largest absolute Gasteiger partial charge is 0.274 e. The van der Waals surface area contributed by atoms with Crippen LogP contribution in [0.3, 0.4) is 0 Å². The van der Waals surface area contributed by atoms with Crippen molar-refractivity contribution in [2.24, 2.45) is 0 Å². The van der Waals surface area contributed by atoms with Gasteiger partial charge < -0.3 is 0 Å². The van der Waals surface area contributed by atoms with Crippen molar-refractivity contribution in [3.05, 3.63) is 71.8 Å². The van der Waals surface area contributed by atoms with E-state index in [1.165, 1.54) is 18.7 Å². The van der Waals surface area contributed by atoms with E-state index >= 15 is 0 Å². The second-order valence-corrected chi connectivity index (χ2v) is 4.68. The van der Waals surface area contributed by atoms with E-state index in [1.807, 2.05) is 66.7 Å². The van der Waals surface area contributed by atoms with Crippen LogP contribution in [0.4, 0.5) is 0 Å². The third-order valence-electron chi connectivity index (χ3n) is 3.04. The van der Waals surface area contributed by atoms with Gasteiger partial charge in [-0.3, -0.25) is 14.5 Å². The van der Waals surface area contributed by atoms with Crippen molar-refractivity contribution in [3.8, 4) is 0 Å². The third kappa shape index (κ3) is 3.66. The Morgan fingerprint density at radius 1 is 0.810 bits per heavy atom. The predicted molar refractivity (Wildman–Crippen MR) is 84.0 cm³/mol. The quantitative estimate of drug-likeness (QED) is 0.805. The van der Waals surface area contributed by atoms with Gasteiger partial charge in [-0.15, -0.1) is 0 Å². The second-order valence-electron chi connectivity index (χ2n) is 4.68. The first kappa shape index (κ1) is 14.7. The molecule has 0 bridgehead atoms. The molecule has 0 atom stereocenters. The van der Waals surface area contributed by atoms with E-state index in [-0.39, 0.29) is 11.8 Å². The summed E-state index contributed by atoms with van der Waals surface area (Å²) in [5, 5.41) is 0. The normalized spacial score (nSPS) is 11.0. The number of carbonyl (C=O) groups is 2. The molecule has 0 radical (unpaired) electrons. The van der Waals surface area contributed by atoms with Crippen LogP contribution in [0.5, 0.6) is 0 Å². The molecule has 0 spiro atoms. The van der Waals surface area contributed by atoms with E-state index in [9.17, 15) is 9.59 Å². The average Bonchev–Trinajstić information content (AvgIpc) is 2.48. The van der Waals surface area contributed by atoms with Gasteiger partial charge in [0.15, 0.2) is 0 Å². The summed E-state index contributed by atoms with van der Waals surface area (Å²) in [6.07, 6.45) is 1.85. The Balaban J connectivity index is 2.57. The van der Waals surface area contributed by atoms with Crippen LogP contribution >= 0.6 is 0 Å². The van der Waals surface area contributed by atoms with E-state index in [1.54, 1.807) is 0 Å². The maximum absolute atomic E-state index is 11.9. The Hall–Kier alpha value is -2.68. The molecule has 0 N–H and O–H groups in total. The Morgan fingerprint density at radius 2 is 1.29 bits per heavy atom. The van der Waals surface area contributed by atoms with Gasteiger partial charge >= 0.3 is 0 Å². The lowest BCUT2D eigenvalue weighted by Crippen LogP contribution is -2.31. The van der Waals surface area contributed by atoms with Crippen LogP contribution in [0.2, 0.25) is 0 Å². The van der Waals surface area contributed by atoms with Gasteiger partial charge in [0.25, 0.3) is 0 Å². The molecule has 0 unspecified atom stereocenters. The molecule has 0 saturated heterocycles. The van der Waals surface area contributed by atoms with Crippen LogP contribution in [0.1, 0.15) is 25.0 Å². The zero-order valence-corrected chi connectivity index (χ0v) is 12.1. The van der Waals surface area contributed by atoms with E-state index < -0.39 is 0 Å². The predicted octanol–water partition coefficient (Wildman–Crippen LogP) is 3.58. The Kier molecular flexibility index (Phi) is 4.67. The van der Waals surface area contributed by atoms with E-state index in [2.05, 4.69) is 0 Å². The molecule has 0 aliphatic rings. The number of amides is 2. The van der Waals surface area contributed by atoms with Gasteiger partial charge in [0, 0.05) is 13.8 Å². The summed E-state index contributed by atoms with van der Waals surface area (Å²) in [6.45, 7) is 2.78. The molecule has 2 aromatic rings. The minimum atomic E-state index is -0.298. The van der Waals surface area contributed by atoms with Crippen LogP contribution in [0.25, 0.3) is 11.8 Å². The number of carbonyl (C=O) groups excluding carboxylic acids is 2. The highest BCUT2D eigenvalue weighted by molar-refractivity contribution is 6.05. The molecule has 0 aliphatic carbocycles. The first-order chi connectivity index (χ1) is 10.1. The smallest absolute Gasteiger partial charge is 0.230 e. The highest BCUT2D eigenvalue weighted by Crippen LogP contribution is 2.23. The van der Waals surface area contributed by atoms with Crippen molar-refractivity contribution in [1.82, 2.24) is 4.90 Å². The van der Waals surface area contributed by atoms with Crippen molar-refractivity contribution in [2.45, 2.75) is 13.8 Å². The van der Waals surface area contributed by atoms with Crippen molar-refractivity contribution >= 4 is 23.6 Å². The SMILES string of the molecule is CC(=O)N(C(C)=O)C(=Cc1ccccc1)c1ccccc1. The van der Waals surface area contributed by atoms with Crippen LogP contribution in [0, 0.1) is 0 Å². The molecule has 3 heteroatoms. The van der Waals surface area contributed by atoms with Gasteiger partial charge in [0.1, 0.15) is 0 Å². The summed E-state index contributed by atoms with van der Waals surface area (Å²) in [5.74, 6) is -0.595. The first-order valence-corrected chi connectivity index (χ1v) is 6.73. The fourth-order valence-corrected chi connectivity index (χ4v) is 2.15. The number of hydrogen-bond acceptors (Lipinski definition) is 2. The van der Waals surface area contributed by atoms with Crippen molar-refractivity contribution in [2.75, 3.05) is 0 Å². The molecule has 21 heavy (non-hydrogen) atoms. The zero-order chi connectivity index (χ0) is 15.2. The lowest BCUT2D eigenvalue weighted by molar-refractivity contribution is -0.137. The number of hydrogen-bond donors (Lipinski definition) is 0. The fourth-order valence-electron chi connectivity index (χ4n) is 2.15. The standard InChI is InChI=1S/C18H17NO2/c1-14(20)19(15(2)21)18(17-11-7-4-8-12-17)13-16-9-5-3-6-10-16/h3-13H,1-2H3. The third-order valence-corrected chi connectivity index (χ3v) is 3.04. The number of rotatable bonds is 3. The Bertz CT molecular complexity index is 646. The first-order valence-electron chi connectivity index (χ1n) is 6.73. The van der Waals surface area contributed by atoms with Crippen molar-refractivity contribution in [1.29, 1.82) is 0 Å². The van der Waals surface area contributed by atoms with Crippen LogP contribution in [-0.2, 0) is 9.59 Å². The molecule has 2 aromatic carbocycles. The molecule has 0 aromatic heterocycles. The minimum Gasteiger partial charge on any atom is -0.274 e. The highest BCUT2D eigenvalue weighted by atomic mass is 16.2. The second kappa shape index (κ2) is 6.66. The molecule has 2 amide bonds. The minimum absolute atomic E-state index is 0.298. The lowest BCUT2D eigenvalue weighted by Gasteiger charge is -2.21. The topological polar surface area (TPSA) is 37.4 Å². The zero-order valence-electron chi connectivity index (χ0n) is 12.1. The molecule has 3 nitrogen and oxygen atoms in total. The van der Waals surface area contributed by atoms with E-state index in [0.717, 1.165) is 11.1 Å². The fraction of sp³-hybridized carbons (Fsp3) is 0.111.